The number of aromatic nitrogens is 3. The second-order valence-corrected chi connectivity index (χ2v) is 8.18. The summed E-state index contributed by atoms with van der Waals surface area (Å²) in [6.45, 7) is 2.31. The average Bonchev–Trinajstić information content (AvgIpc) is 3.41. The fourth-order valence-electron chi connectivity index (χ4n) is 3.95. The van der Waals surface area contributed by atoms with E-state index in [1.54, 1.807) is 25.1 Å². The minimum atomic E-state index is -0.801. The van der Waals surface area contributed by atoms with Crippen molar-refractivity contribution in [1.82, 2.24) is 13.3 Å². The molecule has 2 N–H and O–H groups in total. The molecule has 5 rings (SSSR count). The maximum atomic E-state index is 12.4. The van der Waals surface area contributed by atoms with Gasteiger partial charge in [0.1, 0.15) is 17.3 Å². The number of carbonyl (C=O) groups excluding carboxylic acids is 2. The lowest BCUT2D eigenvalue weighted by atomic mass is 10.0. The summed E-state index contributed by atoms with van der Waals surface area (Å²) in [5, 5.41) is 0.814. The van der Waals surface area contributed by atoms with Crippen molar-refractivity contribution >= 4 is 51.8 Å². The summed E-state index contributed by atoms with van der Waals surface area (Å²) in [6.07, 6.45) is -0.0192. The van der Waals surface area contributed by atoms with Crippen LogP contribution in [0, 0.1) is 0 Å². The first-order valence-electron chi connectivity index (χ1n) is 10.6. The molecule has 0 amide bonds. The smallest absolute Gasteiger partial charge is 0.434 e. The zero-order valence-corrected chi connectivity index (χ0v) is 19.0. The van der Waals surface area contributed by atoms with Crippen LogP contribution in [-0.4, -0.2) is 32.4 Å². The van der Waals surface area contributed by atoms with E-state index < -0.39 is 6.16 Å². The highest BCUT2D eigenvalue weighted by atomic mass is 32.1. The number of fused-ring (bicyclic) bond motifs is 2. The highest BCUT2D eigenvalue weighted by Gasteiger charge is 2.23. The van der Waals surface area contributed by atoms with E-state index in [1.165, 1.54) is 0 Å². The molecule has 34 heavy (non-hydrogen) atoms. The van der Waals surface area contributed by atoms with Crippen LogP contribution >= 0.6 is 11.7 Å². The van der Waals surface area contributed by atoms with Crippen molar-refractivity contribution in [3.8, 4) is 17.0 Å². The molecule has 0 atom stereocenters. The van der Waals surface area contributed by atoms with Crippen LogP contribution in [0.1, 0.15) is 22.8 Å². The van der Waals surface area contributed by atoms with Gasteiger partial charge < -0.3 is 19.8 Å². The summed E-state index contributed by atoms with van der Waals surface area (Å²) in [7, 11) is 0. The van der Waals surface area contributed by atoms with Gasteiger partial charge in [0.2, 0.25) is 5.88 Å². The number of benzene rings is 3. The number of nitrogen functional groups attached to an aromatic ring is 1. The van der Waals surface area contributed by atoms with Gasteiger partial charge in [0.05, 0.1) is 36.0 Å². The number of hydrogen-bond donors (Lipinski definition) is 1. The molecule has 0 radical (unpaired) electrons. The third-order valence-electron chi connectivity index (χ3n) is 5.48. The zero-order valence-electron chi connectivity index (χ0n) is 18.2. The Balaban J connectivity index is 1.73. The monoisotopic (exact) mass is 472 g/mol. The molecule has 5 aromatic rings. The predicted octanol–water partition coefficient (Wildman–Crippen LogP) is 5.29. The van der Waals surface area contributed by atoms with Crippen molar-refractivity contribution in [2.75, 3.05) is 12.3 Å². The molecule has 0 spiro atoms. The molecule has 0 saturated carbocycles. The Labute approximate surface area is 198 Å². The van der Waals surface area contributed by atoms with E-state index in [9.17, 15) is 9.59 Å². The van der Waals surface area contributed by atoms with Gasteiger partial charge in [0, 0.05) is 16.6 Å². The molecule has 8 nitrogen and oxygen atoms in total. The van der Waals surface area contributed by atoms with Gasteiger partial charge in [-0.05, 0) is 48.4 Å². The second-order valence-electron chi connectivity index (χ2n) is 7.66. The molecule has 0 unspecified atom stereocenters. The van der Waals surface area contributed by atoms with Crippen LogP contribution in [0.2, 0.25) is 0 Å². The Kier molecular flexibility index (Phi) is 5.69. The summed E-state index contributed by atoms with van der Waals surface area (Å²) in [5.41, 5.74) is 12.1. The molecule has 0 aliphatic carbocycles. The summed E-state index contributed by atoms with van der Waals surface area (Å²) in [6, 6.07) is 18.5. The quantitative estimate of drug-likeness (QED) is 0.203. The van der Waals surface area contributed by atoms with Crippen LogP contribution in [0.3, 0.4) is 0 Å². The number of nitrogens with zero attached hydrogens (tertiary/aromatic N) is 3. The molecule has 9 heteroatoms. The van der Waals surface area contributed by atoms with Gasteiger partial charge in [-0.25, -0.2) is 4.79 Å². The number of aldehydes is 1. The third-order valence-corrected chi connectivity index (χ3v) is 6.03. The average molecular weight is 473 g/mol. The first-order valence-corrected chi connectivity index (χ1v) is 11.3. The third kappa shape index (κ3) is 3.97. The van der Waals surface area contributed by atoms with Gasteiger partial charge in [0.15, 0.2) is 0 Å². The van der Waals surface area contributed by atoms with Crippen LogP contribution in [0.25, 0.3) is 33.1 Å². The van der Waals surface area contributed by atoms with E-state index in [2.05, 4.69) is 8.75 Å². The first-order chi connectivity index (χ1) is 16.6. The maximum Gasteiger partial charge on any atom is 0.515 e. The summed E-state index contributed by atoms with van der Waals surface area (Å²) in [5.74, 6) is 0.328. The highest BCUT2D eigenvalue weighted by Crippen LogP contribution is 2.42. The molecule has 170 valence electrons. The van der Waals surface area contributed by atoms with Gasteiger partial charge in [-0.2, -0.15) is 8.75 Å². The fourth-order valence-corrected chi connectivity index (χ4v) is 4.47. The molecule has 0 aliphatic heterocycles. The molecule has 2 aromatic heterocycles. The summed E-state index contributed by atoms with van der Waals surface area (Å²) in [4.78, 5) is 23.6. The Morgan fingerprint density at radius 2 is 1.85 bits per heavy atom. The normalized spacial score (nSPS) is 11.1. The second kappa shape index (κ2) is 8.95. The number of nitrogens with two attached hydrogens (primary N) is 1. The van der Waals surface area contributed by atoms with Gasteiger partial charge in [-0.3, -0.25) is 4.79 Å². The lowest BCUT2D eigenvalue weighted by molar-refractivity contribution is 0.101. The lowest BCUT2D eigenvalue weighted by Gasteiger charge is -2.12. The fraction of sp³-hybridized carbons (Fsp3) is 0.120. The number of rotatable bonds is 6. The molecule has 0 aliphatic rings. The van der Waals surface area contributed by atoms with Crippen LogP contribution in [0.15, 0.2) is 60.7 Å². The summed E-state index contributed by atoms with van der Waals surface area (Å²) < 4.78 is 21.3. The van der Waals surface area contributed by atoms with E-state index >= 15 is 0 Å². The van der Waals surface area contributed by atoms with Crippen LogP contribution in [0.4, 0.5) is 10.5 Å². The minimum Gasteiger partial charge on any atom is -0.434 e. The van der Waals surface area contributed by atoms with Crippen molar-refractivity contribution in [1.29, 1.82) is 0 Å². The SMILES string of the molecule is CCOC(=O)Oc1c(-c2ccc(C=O)cc2)c2cc(N)ccc2n1Cc1ccc2nsnc2c1. The maximum absolute atomic E-state index is 12.4. The van der Waals surface area contributed by atoms with Gasteiger partial charge in [-0.1, -0.05) is 30.3 Å². The molecular weight excluding hydrogens is 452 g/mol. The van der Waals surface area contributed by atoms with E-state index in [4.69, 9.17) is 15.2 Å². The van der Waals surface area contributed by atoms with Crippen LogP contribution < -0.4 is 10.5 Å². The number of ether oxygens (including phenoxy) is 2. The number of anilines is 1. The van der Waals surface area contributed by atoms with E-state index in [1.807, 2.05) is 47.0 Å². The van der Waals surface area contributed by atoms with E-state index in [-0.39, 0.29) is 6.61 Å². The van der Waals surface area contributed by atoms with Gasteiger partial charge in [-0.15, -0.1) is 0 Å². The topological polar surface area (TPSA) is 109 Å². The highest BCUT2D eigenvalue weighted by molar-refractivity contribution is 7.00. The number of carbonyl (C=O) groups is 2. The van der Waals surface area contributed by atoms with Crippen LogP contribution in [0.5, 0.6) is 5.88 Å². The van der Waals surface area contributed by atoms with Crippen molar-refractivity contribution in [3.63, 3.8) is 0 Å². The molecule has 2 heterocycles. The Morgan fingerprint density at radius 3 is 2.62 bits per heavy atom. The zero-order chi connectivity index (χ0) is 23.7. The Hall–Kier alpha value is -4.24. The Morgan fingerprint density at radius 1 is 1.06 bits per heavy atom. The molecular formula is C25H20N4O4S. The van der Waals surface area contributed by atoms with Gasteiger partial charge >= 0.3 is 6.16 Å². The van der Waals surface area contributed by atoms with E-state index in [0.29, 0.717) is 29.2 Å². The standard InChI is InChI=1S/C25H20N4O4S/c1-2-32-25(31)33-24-23(17-6-3-15(14-30)4-7-17)19-12-18(26)8-10-22(19)29(24)13-16-5-9-20-21(11-16)28-34-27-20/h3-12,14H,2,13,26H2,1H3. The van der Waals surface area contributed by atoms with Gasteiger partial charge in [0.25, 0.3) is 0 Å². The lowest BCUT2D eigenvalue weighted by Crippen LogP contribution is -2.14. The van der Waals surface area contributed by atoms with Crippen molar-refractivity contribution in [3.05, 3.63) is 71.8 Å². The predicted molar refractivity (Wildman–Crippen MR) is 131 cm³/mol. The largest absolute Gasteiger partial charge is 0.515 e. The first kappa shape index (κ1) is 21.6. The molecule has 0 fully saturated rings. The minimum absolute atomic E-state index is 0.183. The van der Waals surface area contributed by atoms with E-state index in [0.717, 1.165) is 51.1 Å². The van der Waals surface area contributed by atoms with Crippen molar-refractivity contribution in [2.24, 2.45) is 0 Å². The molecule has 0 saturated heterocycles. The summed E-state index contributed by atoms with van der Waals surface area (Å²) >= 11 is 1.16. The molecule has 3 aromatic carbocycles. The number of hydrogen-bond acceptors (Lipinski definition) is 8. The Bertz CT molecular complexity index is 1520. The van der Waals surface area contributed by atoms with Crippen molar-refractivity contribution < 1.29 is 19.1 Å². The van der Waals surface area contributed by atoms with Crippen LogP contribution in [-0.2, 0) is 11.3 Å². The van der Waals surface area contributed by atoms with Crippen molar-refractivity contribution in [2.45, 2.75) is 13.5 Å². The molecule has 0 bridgehead atoms.